The van der Waals surface area contributed by atoms with Gasteiger partial charge in [0.25, 0.3) is 5.95 Å². The molecule has 0 spiro atoms. The smallest absolute Gasteiger partial charge is 0.265 e. The number of ether oxygens (including phenoxy) is 1. The molecule has 0 fully saturated rings. The van der Waals surface area contributed by atoms with E-state index in [1.165, 1.54) is 0 Å². The third-order valence-corrected chi connectivity index (χ3v) is 3.59. The number of benzene rings is 2. The van der Waals surface area contributed by atoms with Crippen molar-refractivity contribution in [1.29, 1.82) is 0 Å². The Labute approximate surface area is 137 Å². The summed E-state index contributed by atoms with van der Waals surface area (Å²) < 4.78 is 5.18. The number of aromatic nitrogens is 4. The Morgan fingerprint density at radius 1 is 1.12 bits per heavy atom. The number of hydrazone groups is 1. The standard InChI is InChI=1S/C17H14N6O/c1-24-12-6-4-5-11(9-12)10-18-22-17-20-16-15(21-23-17)13-7-2-3-8-14(13)19-16/h2-10H,1H3,(H2,19,20,22,23)/b18-10-. The van der Waals surface area contributed by atoms with Crippen molar-refractivity contribution in [3.05, 3.63) is 54.1 Å². The van der Waals surface area contributed by atoms with Gasteiger partial charge in [0.2, 0.25) is 0 Å². The molecule has 0 aliphatic carbocycles. The van der Waals surface area contributed by atoms with Crippen LogP contribution in [0.25, 0.3) is 22.1 Å². The van der Waals surface area contributed by atoms with Crippen LogP contribution in [-0.2, 0) is 0 Å². The Bertz CT molecular complexity index is 1040. The summed E-state index contributed by atoms with van der Waals surface area (Å²) in [6.07, 6.45) is 1.67. The Morgan fingerprint density at radius 2 is 2.04 bits per heavy atom. The molecule has 0 bridgehead atoms. The van der Waals surface area contributed by atoms with Gasteiger partial charge in [-0.1, -0.05) is 30.3 Å². The van der Waals surface area contributed by atoms with Gasteiger partial charge in [-0.15, -0.1) is 10.2 Å². The van der Waals surface area contributed by atoms with Crippen LogP contribution >= 0.6 is 0 Å². The molecule has 4 rings (SSSR count). The number of anilines is 1. The highest BCUT2D eigenvalue weighted by molar-refractivity contribution is 6.03. The summed E-state index contributed by atoms with van der Waals surface area (Å²) in [6, 6.07) is 15.5. The van der Waals surface area contributed by atoms with Crippen molar-refractivity contribution in [2.75, 3.05) is 12.5 Å². The number of nitrogens with zero attached hydrogens (tertiary/aromatic N) is 4. The molecular weight excluding hydrogens is 304 g/mol. The minimum Gasteiger partial charge on any atom is -0.497 e. The molecule has 2 heterocycles. The molecule has 0 radical (unpaired) electrons. The molecule has 0 aliphatic rings. The number of para-hydroxylation sites is 1. The molecule has 0 saturated carbocycles. The van der Waals surface area contributed by atoms with Gasteiger partial charge in [0, 0.05) is 10.9 Å². The fourth-order valence-electron chi connectivity index (χ4n) is 2.45. The van der Waals surface area contributed by atoms with Gasteiger partial charge in [-0.05, 0) is 23.8 Å². The molecule has 0 atom stereocenters. The van der Waals surface area contributed by atoms with Crippen molar-refractivity contribution in [3.8, 4) is 5.75 Å². The second-order valence-electron chi connectivity index (χ2n) is 5.15. The van der Waals surface area contributed by atoms with E-state index in [4.69, 9.17) is 4.74 Å². The van der Waals surface area contributed by atoms with Crippen molar-refractivity contribution in [2.24, 2.45) is 5.10 Å². The lowest BCUT2D eigenvalue weighted by molar-refractivity contribution is 0.415. The number of hydrogen-bond donors (Lipinski definition) is 2. The van der Waals surface area contributed by atoms with E-state index in [0.717, 1.165) is 27.7 Å². The highest BCUT2D eigenvalue weighted by Gasteiger charge is 2.07. The number of nitrogens with one attached hydrogen (secondary N) is 2. The van der Waals surface area contributed by atoms with Gasteiger partial charge in [0.15, 0.2) is 5.65 Å². The topological polar surface area (TPSA) is 88.1 Å². The molecule has 24 heavy (non-hydrogen) atoms. The van der Waals surface area contributed by atoms with E-state index in [1.54, 1.807) is 13.3 Å². The second-order valence-corrected chi connectivity index (χ2v) is 5.15. The number of aromatic amines is 1. The third kappa shape index (κ3) is 2.63. The summed E-state index contributed by atoms with van der Waals surface area (Å²) >= 11 is 0. The highest BCUT2D eigenvalue weighted by Crippen LogP contribution is 2.21. The zero-order valence-corrected chi connectivity index (χ0v) is 12.9. The Hall–Kier alpha value is -3.48. The van der Waals surface area contributed by atoms with Crippen LogP contribution in [0.1, 0.15) is 5.56 Å². The lowest BCUT2D eigenvalue weighted by Crippen LogP contribution is -1.99. The average molecular weight is 318 g/mol. The average Bonchev–Trinajstić information content (AvgIpc) is 2.99. The van der Waals surface area contributed by atoms with E-state index in [2.05, 4.69) is 30.7 Å². The van der Waals surface area contributed by atoms with Crippen LogP contribution in [0.3, 0.4) is 0 Å². The second kappa shape index (κ2) is 5.96. The van der Waals surface area contributed by atoms with E-state index in [-0.39, 0.29) is 0 Å². The minimum absolute atomic E-state index is 0.327. The van der Waals surface area contributed by atoms with Gasteiger partial charge in [-0.2, -0.15) is 10.1 Å². The van der Waals surface area contributed by atoms with Gasteiger partial charge in [-0.25, -0.2) is 5.43 Å². The first-order valence-electron chi connectivity index (χ1n) is 7.38. The summed E-state index contributed by atoms with van der Waals surface area (Å²) in [5.41, 5.74) is 6.09. The predicted molar refractivity (Wildman–Crippen MR) is 93.4 cm³/mol. The van der Waals surface area contributed by atoms with Crippen LogP contribution in [0.4, 0.5) is 5.95 Å². The maximum atomic E-state index is 5.18. The lowest BCUT2D eigenvalue weighted by atomic mass is 10.2. The SMILES string of the molecule is COc1cccc(/C=N\Nc2nnc3c(n2)[nH]c2ccccc23)c1. The van der Waals surface area contributed by atoms with Gasteiger partial charge >= 0.3 is 0 Å². The molecule has 118 valence electrons. The summed E-state index contributed by atoms with van der Waals surface area (Å²) in [5, 5.41) is 13.4. The van der Waals surface area contributed by atoms with Gasteiger partial charge in [0.1, 0.15) is 11.3 Å². The molecule has 2 aromatic heterocycles. The van der Waals surface area contributed by atoms with E-state index in [1.807, 2.05) is 48.5 Å². The first-order valence-corrected chi connectivity index (χ1v) is 7.38. The lowest BCUT2D eigenvalue weighted by Gasteiger charge is -2.00. The molecule has 0 aliphatic heterocycles. The summed E-state index contributed by atoms with van der Waals surface area (Å²) in [6.45, 7) is 0. The summed E-state index contributed by atoms with van der Waals surface area (Å²) in [4.78, 5) is 7.62. The zero-order valence-electron chi connectivity index (χ0n) is 12.9. The molecule has 4 aromatic rings. The van der Waals surface area contributed by atoms with Crippen LogP contribution in [0.5, 0.6) is 5.75 Å². The molecule has 0 amide bonds. The zero-order chi connectivity index (χ0) is 16.4. The molecule has 0 saturated heterocycles. The van der Waals surface area contributed by atoms with Crippen molar-refractivity contribution in [2.45, 2.75) is 0 Å². The van der Waals surface area contributed by atoms with E-state index >= 15 is 0 Å². The van der Waals surface area contributed by atoms with Gasteiger partial charge < -0.3 is 9.72 Å². The molecular formula is C17H14N6O. The maximum Gasteiger partial charge on any atom is 0.265 e. The van der Waals surface area contributed by atoms with Crippen molar-refractivity contribution < 1.29 is 4.74 Å². The van der Waals surface area contributed by atoms with Gasteiger partial charge in [0.05, 0.1) is 13.3 Å². The van der Waals surface area contributed by atoms with Crippen LogP contribution < -0.4 is 10.2 Å². The summed E-state index contributed by atoms with van der Waals surface area (Å²) in [5.74, 6) is 1.10. The number of H-pyrrole nitrogens is 1. The molecule has 7 heteroatoms. The predicted octanol–water partition coefficient (Wildman–Crippen LogP) is 2.96. The number of rotatable bonds is 4. The largest absolute Gasteiger partial charge is 0.497 e. The number of hydrogen-bond acceptors (Lipinski definition) is 6. The number of methoxy groups -OCH3 is 1. The maximum absolute atomic E-state index is 5.18. The fourth-order valence-corrected chi connectivity index (χ4v) is 2.45. The Kier molecular flexibility index (Phi) is 3.51. The van der Waals surface area contributed by atoms with Crippen LogP contribution in [0, 0.1) is 0 Å². The fraction of sp³-hybridized carbons (Fsp3) is 0.0588. The van der Waals surface area contributed by atoms with Crippen LogP contribution in [-0.4, -0.2) is 33.5 Å². The first kappa shape index (κ1) is 14.1. The first-order chi connectivity index (χ1) is 11.8. The Balaban J connectivity index is 1.58. The third-order valence-electron chi connectivity index (χ3n) is 3.59. The van der Waals surface area contributed by atoms with E-state index in [0.29, 0.717) is 11.6 Å². The van der Waals surface area contributed by atoms with Crippen molar-refractivity contribution in [3.63, 3.8) is 0 Å². The van der Waals surface area contributed by atoms with E-state index < -0.39 is 0 Å². The summed E-state index contributed by atoms with van der Waals surface area (Å²) in [7, 11) is 1.63. The molecule has 0 unspecified atom stereocenters. The minimum atomic E-state index is 0.327. The van der Waals surface area contributed by atoms with Crippen LogP contribution in [0.2, 0.25) is 0 Å². The monoisotopic (exact) mass is 318 g/mol. The van der Waals surface area contributed by atoms with Crippen molar-refractivity contribution in [1.82, 2.24) is 20.2 Å². The molecule has 2 aromatic carbocycles. The molecule has 7 nitrogen and oxygen atoms in total. The highest BCUT2D eigenvalue weighted by atomic mass is 16.5. The van der Waals surface area contributed by atoms with Crippen molar-refractivity contribution >= 4 is 34.2 Å². The quantitative estimate of drug-likeness (QED) is 0.446. The molecule has 2 N–H and O–H groups in total. The van der Waals surface area contributed by atoms with Crippen LogP contribution in [0.15, 0.2) is 53.6 Å². The van der Waals surface area contributed by atoms with Gasteiger partial charge in [-0.3, -0.25) is 0 Å². The Morgan fingerprint density at radius 3 is 2.96 bits per heavy atom. The van der Waals surface area contributed by atoms with E-state index in [9.17, 15) is 0 Å². The number of fused-ring (bicyclic) bond motifs is 3. The normalized spacial score (nSPS) is 11.4.